The van der Waals surface area contributed by atoms with Crippen LogP contribution in [0.1, 0.15) is 18.4 Å². The van der Waals surface area contributed by atoms with Crippen molar-refractivity contribution in [2.75, 3.05) is 28.6 Å². The molecule has 0 atom stereocenters. The van der Waals surface area contributed by atoms with Crippen LogP contribution in [-0.4, -0.2) is 47.2 Å². The summed E-state index contributed by atoms with van der Waals surface area (Å²) in [5.74, 6) is 1.35. The molecule has 188 valence electrons. The second-order valence-electron chi connectivity index (χ2n) is 8.59. The Labute approximate surface area is 208 Å². The lowest BCUT2D eigenvalue weighted by molar-refractivity contribution is -0.137. The Morgan fingerprint density at radius 1 is 0.892 bits per heavy atom. The maximum Gasteiger partial charge on any atom is 0.416 e. The normalized spacial score (nSPS) is 13.9. The van der Waals surface area contributed by atoms with Gasteiger partial charge in [0.15, 0.2) is 0 Å². The second-order valence-corrected chi connectivity index (χ2v) is 8.59. The lowest BCUT2D eigenvalue weighted by atomic mass is 10.1. The number of fused-ring (bicyclic) bond motifs is 1. The van der Waals surface area contributed by atoms with Crippen molar-refractivity contribution < 1.29 is 13.2 Å². The van der Waals surface area contributed by atoms with E-state index in [1.807, 2.05) is 35.0 Å². The van der Waals surface area contributed by atoms with E-state index in [2.05, 4.69) is 40.6 Å². The molecule has 1 aliphatic heterocycles. The molecular weight excluding hydrogens is 485 g/mol. The number of benzene rings is 1. The average Bonchev–Trinajstić information content (AvgIpc) is 3.66. The van der Waals surface area contributed by atoms with E-state index in [0.717, 1.165) is 49.4 Å². The minimum atomic E-state index is -4.55. The van der Waals surface area contributed by atoms with Gasteiger partial charge in [-0.25, -0.2) is 14.6 Å². The van der Waals surface area contributed by atoms with E-state index in [-0.39, 0.29) is 17.3 Å². The van der Waals surface area contributed by atoms with Crippen LogP contribution in [0.15, 0.2) is 67.6 Å². The van der Waals surface area contributed by atoms with Gasteiger partial charge in [-0.3, -0.25) is 0 Å². The molecule has 0 amide bonds. The molecule has 2 N–H and O–H groups in total. The Kier molecular flexibility index (Phi) is 5.58. The van der Waals surface area contributed by atoms with E-state index in [1.54, 1.807) is 6.20 Å². The average molecular weight is 506 g/mol. The number of nitrogens with one attached hydrogen (secondary N) is 2. The number of hydrogen-bond acceptors (Lipinski definition) is 8. The summed E-state index contributed by atoms with van der Waals surface area (Å²) in [5, 5.41) is 10.2. The summed E-state index contributed by atoms with van der Waals surface area (Å²) >= 11 is 0. The molecule has 10 nitrogen and oxygen atoms in total. The minimum absolute atomic E-state index is 0.164. The first-order chi connectivity index (χ1) is 17.9. The third-order valence-corrected chi connectivity index (χ3v) is 6.00. The minimum Gasteiger partial charge on any atom is -0.356 e. The standard InChI is InChI=1S/C24H21F3N10/c25-24(26,27)16-9-18(11-19(10-16)37-15-28-14-30-37)32-23-33-20(13-22(34-23)35-5-1-2-6-35)31-17-3-7-36-8-4-29-21(36)12-17/h3-4,7-15H,1-2,5-6H2,(H2,31,32,33,34). The second kappa shape index (κ2) is 9.08. The van der Waals surface area contributed by atoms with Gasteiger partial charge < -0.3 is 19.9 Å². The number of nitrogens with zero attached hydrogens (tertiary/aromatic N) is 8. The van der Waals surface area contributed by atoms with Crippen molar-refractivity contribution in [2.24, 2.45) is 0 Å². The quantitative estimate of drug-likeness (QED) is 0.338. The van der Waals surface area contributed by atoms with Gasteiger partial charge in [-0.2, -0.15) is 28.2 Å². The van der Waals surface area contributed by atoms with E-state index in [0.29, 0.717) is 11.6 Å². The first-order valence-corrected chi connectivity index (χ1v) is 11.6. The zero-order chi connectivity index (χ0) is 25.4. The van der Waals surface area contributed by atoms with Crippen molar-refractivity contribution >= 4 is 34.6 Å². The summed E-state index contributed by atoms with van der Waals surface area (Å²) in [7, 11) is 0. The number of alkyl halides is 3. The summed E-state index contributed by atoms with van der Waals surface area (Å²) in [4.78, 5) is 19.4. The maximum absolute atomic E-state index is 13.7. The van der Waals surface area contributed by atoms with Crippen molar-refractivity contribution in [2.45, 2.75) is 19.0 Å². The highest BCUT2D eigenvalue weighted by molar-refractivity contribution is 5.67. The van der Waals surface area contributed by atoms with E-state index in [1.165, 1.54) is 23.4 Å². The molecule has 0 saturated carbocycles. The SMILES string of the molecule is FC(F)(F)c1cc(Nc2nc(Nc3ccn4ccnc4c3)cc(N3CCCC3)n2)cc(-n2cncn2)c1. The van der Waals surface area contributed by atoms with Crippen LogP contribution in [0.25, 0.3) is 11.3 Å². The fourth-order valence-corrected chi connectivity index (χ4v) is 4.25. The van der Waals surface area contributed by atoms with Crippen LogP contribution in [-0.2, 0) is 6.18 Å². The summed E-state index contributed by atoms with van der Waals surface area (Å²) in [6.07, 6.45) is 5.56. The number of rotatable bonds is 6. The van der Waals surface area contributed by atoms with E-state index >= 15 is 0 Å². The van der Waals surface area contributed by atoms with Gasteiger partial charge in [-0.1, -0.05) is 0 Å². The summed E-state index contributed by atoms with van der Waals surface area (Å²) in [6, 6.07) is 9.17. The molecule has 1 aromatic carbocycles. The van der Waals surface area contributed by atoms with Gasteiger partial charge in [0.1, 0.15) is 29.9 Å². The van der Waals surface area contributed by atoms with Crippen molar-refractivity contribution in [3.05, 3.63) is 73.2 Å². The highest BCUT2D eigenvalue weighted by Crippen LogP contribution is 2.34. The van der Waals surface area contributed by atoms with Crippen LogP contribution in [0.4, 0.5) is 42.1 Å². The first-order valence-electron chi connectivity index (χ1n) is 11.6. The van der Waals surface area contributed by atoms with Crippen molar-refractivity contribution in [1.29, 1.82) is 0 Å². The Hall–Kier alpha value is -4.68. The molecule has 0 aliphatic carbocycles. The van der Waals surface area contributed by atoms with Gasteiger partial charge in [0, 0.05) is 55.2 Å². The number of imidazole rings is 1. The van der Waals surface area contributed by atoms with Gasteiger partial charge in [-0.15, -0.1) is 0 Å². The molecule has 4 aromatic heterocycles. The monoisotopic (exact) mass is 506 g/mol. The van der Waals surface area contributed by atoms with Gasteiger partial charge in [0.05, 0.1) is 11.3 Å². The summed E-state index contributed by atoms with van der Waals surface area (Å²) < 4.78 is 44.1. The van der Waals surface area contributed by atoms with E-state index in [9.17, 15) is 13.2 Å². The maximum atomic E-state index is 13.7. The molecule has 1 aliphatic rings. The molecule has 0 unspecified atom stereocenters. The predicted octanol–water partition coefficient (Wildman–Crippen LogP) is 4.81. The molecule has 5 heterocycles. The van der Waals surface area contributed by atoms with Crippen LogP contribution in [0, 0.1) is 0 Å². The third-order valence-electron chi connectivity index (χ3n) is 6.00. The Balaban J connectivity index is 1.37. The zero-order valence-corrected chi connectivity index (χ0v) is 19.4. The molecular formula is C24H21F3N10. The van der Waals surface area contributed by atoms with Crippen LogP contribution in [0.5, 0.6) is 0 Å². The molecule has 5 aromatic rings. The highest BCUT2D eigenvalue weighted by Gasteiger charge is 2.31. The van der Waals surface area contributed by atoms with Gasteiger partial charge in [-0.05, 0) is 37.1 Å². The number of hydrogen-bond donors (Lipinski definition) is 2. The molecule has 0 bridgehead atoms. The van der Waals surface area contributed by atoms with Crippen molar-refractivity contribution in [1.82, 2.24) is 34.1 Å². The van der Waals surface area contributed by atoms with Gasteiger partial charge >= 0.3 is 6.18 Å². The van der Waals surface area contributed by atoms with Crippen LogP contribution in [0.2, 0.25) is 0 Å². The Morgan fingerprint density at radius 2 is 1.76 bits per heavy atom. The molecule has 6 rings (SSSR count). The topological polar surface area (TPSA) is 101 Å². The number of aromatic nitrogens is 7. The van der Waals surface area contributed by atoms with Crippen LogP contribution < -0.4 is 15.5 Å². The van der Waals surface area contributed by atoms with Crippen LogP contribution in [0.3, 0.4) is 0 Å². The molecule has 0 spiro atoms. The zero-order valence-electron chi connectivity index (χ0n) is 19.4. The van der Waals surface area contributed by atoms with Crippen LogP contribution >= 0.6 is 0 Å². The number of halogens is 3. The van der Waals surface area contributed by atoms with Crippen molar-refractivity contribution in [3.63, 3.8) is 0 Å². The summed E-state index contributed by atoms with van der Waals surface area (Å²) in [6.45, 7) is 1.69. The number of pyridine rings is 1. The Bertz CT molecular complexity index is 1540. The molecule has 0 radical (unpaired) electrons. The molecule has 1 saturated heterocycles. The molecule has 37 heavy (non-hydrogen) atoms. The lowest BCUT2D eigenvalue weighted by Crippen LogP contribution is -2.20. The fourth-order valence-electron chi connectivity index (χ4n) is 4.25. The predicted molar refractivity (Wildman–Crippen MR) is 132 cm³/mol. The van der Waals surface area contributed by atoms with E-state index in [4.69, 9.17) is 0 Å². The largest absolute Gasteiger partial charge is 0.416 e. The fraction of sp³-hybridized carbons (Fsp3) is 0.208. The molecule has 13 heteroatoms. The lowest BCUT2D eigenvalue weighted by Gasteiger charge is -2.19. The third kappa shape index (κ3) is 4.87. The van der Waals surface area contributed by atoms with Gasteiger partial charge in [0.25, 0.3) is 0 Å². The molecule has 1 fully saturated rings. The smallest absolute Gasteiger partial charge is 0.356 e. The van der Waals surface area contributed by atoms with Crippen molar-refractivity contribution in [3.8, 4) is 5.69 Å². The Morgan fingerprint density at radius 3 is 2.54 bits per heavy atom. The first kappa shape index (κ1) is 22.8. The van der Waals surface area contributed by atoms with Gasteiger partial charge in [0.2, 0.25) is 5.95 Å². The highest BCUT2D eigenvalue weighted by atomic mass is 19.4. The summed E-state index contributed by atoms with van der Waals surface area (Å²) in [5.41, 5.74) is 1.08. The van der Waals surface area contributed by atoms with E-state index < -0.39 is 11.7 Å². The number of anilines is 5.